The lowest BCUT2D eigenvalue weighted by Crippen LogP contribution is -2.11. The Balaban J connectivity index is 2.40. The van der Waals surface area contributed by atoms with E-state index in [2.05, 4.69) is 15.9 Å². The van der Waals surface area contributed by atoms with Gasteiger partial charge in [0.1, 0.15) is 4.90 Å². The van der Waals surface area contributed by atoms with Crippen LogP contribution in [0.5, 0.6) is 11.5 Å². The van der Waals surface area contributed by atoms with Crippen LogP contribution in [0.4, 0.5) is 0 Å². The summed E-state index contributed by atoms with van der Waals surface area (Å²) in [7, 11) is -2.45. The third-order valence-corrected chi connectivity index (χ3v) is 4.62. The van der Waals surface area contributed by atoms with Crippen molar-refractivity contribution in [3.63, 3.8) is 0 Å². The molecule has 6 heteroatoms. The van der Waals surface area contributed by atoms with E-state index in [1.54, 1.807) is 36.4 Å². The Hall–Kier alpha value is -1.53. The Morgan fingerprint density at radius 2 is 1.53 bits per heavy atom. The lowest BCUT2D eigenvalue weighted by atomic mass is 10.3. The number of benzene rings is 2. The molecule has 0 heterocycles. The summed E-state index contributed by atoms with van der Waals surface area (Å²) in [4.78, 5) is 0.0703. The largest absolute Gasteiger partial charge is 0.493 e. The van der Waals surface area contributed by atoms with Gasteiger partial charge >= 0.3 is 10.1 Å². The van der Waals surface area contributed by atoms with Gasteiger partial charge in [-0.2, -0.15) is 8.42 Å². The zero-order valence-electron chi connectivity index (χ0n) is 10.0. The van der Waals surface area contributed by atoms with Crippen molar-refractivity contribution in [3.05, 3.63) is 53.0 Å². The van der Waals surface area contributed by atoms with Gasteiger partial charge in [0.25, 0.3) is 0 Å². The molecule has 2 aromatic rings. The van der Waals surface area contributed by atoms with Crippen LogP contribution in [0.2, 0.25) is 0 Å². The lowest BCUT2D eigenvalue weighted by molar-refractivity contribution is 0.390. The molecule has 0 atom stereocenters. The van der Waals surface area contributed by atoms with Crippen molar-refractivity contribution in [3.8, 4) is 11.5 Å². The summed E-state index contributed by atoms with van der Waals surface area (Å²) in [5, 5.41) is 0. The van der Waals surface area contributed by atoms with Crippen molar-refractivity contribution in [1.29, 1.82) is 0 Å². The van der Waals surface area contributed by atoms with Crippen LogP contribution in [0.15, 0.2) is 57.9 Å². The average Bonchev–Trinajstić information content (AvgIpc) is 2.39. The molecule has 19 heavy (non-hydrogen) atoms. The van der Waals surface area contributed by atoms with Crippen LogP contribution in [-0.2, 0) is 10.1 Å². The molecule has 0 N–H and O–H groups in total. The third-order valence-electron chi connectivity index (χ3n) is 2.37. The summed E-state index contributed by atoms with van der Waals surface area (Å²) in [5.41, 5.74) is 0. The highest BCUT2D eigenvalue weighted by Crippen LogP contribution is 2.30. The zero-order chi connectivity index (χ0) is 13.9. The fourth-order valence-corrected chi connectivity index (χ4v) is 3.39. The standard InChI is InChI=1S/C13H11BrO4S/c1-17-11-7-3-4-8-12(11)18-19(15,16)13-9-5-2-6-10(13)14/h2-9H,1H3. The Morgan fingerprint density at radius 1 is 0.947 bits per heavy atom. The molecule has 0 bridgehead atoms. The molecule has 0 unspecified atom stereocenters. The van der Waals surface area contributed by atoms with E-state index in [9.17, 15) is 8.42 Å². The molecule has 0 aliphatic rings. The molecule has 0 saturated carbocycles. The van der Waals surface area contributed by atoms with Crippen molar-refractivity contribution in [1.82, 2.24) is 0 Å². The van der Waals surface area contributed by atoms with Gasteiger partial charge in [-0.05, 0) is 40.2 Å². The molecule has 0 amide bonds. The van der Waals surface area contributed by atoms with Crippen LogP contribution >= 0.6 is 15.9 Å². The molecule has 4 nitrogen and oxygen atoms in total. The molecule has 0 aliphatic carbocycles. The molecule has 2 rings (SSSR count). The van der Waals surface area contributed by atoms with E-state index < -0.39 is 10.1 Å². The molecule has 2 aromatic carbocycles. The molecule has 0 spiro atoms. The number of hydrogen-bond donors (Lipinski definition) is 0. The van der Waals surface area contributed by atoms with E-state index in [4.69, 9.17) is 8.92 Å². The summed E-state index contributed by atoms with van der Waals surface area (Å²) >= 11 is 3.19. The predicted molar refractivity (Wildman–Crippen MR) is 74.9 cm³/mol. The minimum Gasteiger partial charge on any atom is -0.493 e. The van der Waals surface area contributed by atoms with Crippen molar-refractivity contribution in [2.45, 2.75) is 4.90 Å². The number of ether oxygens (including phenoxy) is 1. The second-order valence-corrected chi connectivity index (χ2v) is 5.99. The van der Waals surface area contributed by atoms with E-state index in [0.717, 1.165) is 0 Å². The first-order valence-electron chi connectivity index (χ1n) is 5.36. The van der Waals surface area contributed by atoms with E-state index in [1.807, 2.05) is 0 Å². The van der Waals surface area contributed by atoms with Gasteiger partial charge in [0.15, 0.2) is 11.5 Å². The average molecular weight is 343 g/mol. The van der Waals surface area contributed by atoms with E-state index in [0.29, 0.717) is 10.2 Å². The van der Waals surface area contributed by atoms with Crippen LogP contribution in [0, 0.1) is 0 Å². The maximum absolute atomic E-state index is 12.2. The van der Waals surface area contributed by atoms with Crippen molar-refractivity contribution in [2.75, 3.05) is 7.11 Å². The van der Waals surface area contributed by atoms with Gasteiger partial charge in [0.2, 0.25) is 0 Å². The van der Waals surface area contributed by atoms with Crippen molar-refractivity contribution in [2.24, 2.45) is 0 Å². The molecule has 0 aliphatic heterocycles. The van der Waals surface area contributed by atoms with Crippen molar-refractivity contribution >= 4 is 26.0 Å². The summed E-state index contributed by atoms with van der Waals surface area (Å²) < 4.78 is 35.0. The predicted octanol–water partition coefficient (Wildman–Crippen LogP) is 3.23. The van der Waals surface area contributed by atoms with Gasteiger partial charge in [-0.15, -0.1) is 0 Å². The fourth-order valence-electron chi connectivity index (χ4n) is 1.50. The summed E-state index contributed by atoms with van der Waals surface area (Å²) in [6, 6.07) is 13.0. The van der Waals surface area contributed by atoms with E-state index >= 15 is 0 Å². The van der Waals surface area contributed by atoms with Crippen LogP contribution < -0.4 is 8.92 Å². The minimum atomic E-state index is -3.90. The zero-order valence-corrected chi connectivity index (χ0v) is 12.4. The highest BCUT2D eigenvalue weighted by atomic mass is 79.9. The second-order valence-electron chi connectivity index (χ2n) is 3.62. The van der Waals surface area contributed by atoms with Gasteiger partial charge in [0, 0.05) is 4.47 Å². The SMILES string of the molecule is COc1ccccc1OS(=O)(=O)c1ccccc1Br. The first kappa shape index (κ1) is 13.9. The monoisotopic (exact) mass is 342 g/mol. The first-order chi connectivity index (χ1) is 9.04. The Kier molecular flexibility index (Phi) is 4.11. The number of halogens is 1. The summed E-state index contributed by atoms with van der Waals surface area (Å²) in [5.74, 6) is 0.513. The van der Waals surface area contributed by atoms with Crippen LogP contribution in [-0.4, -0.2) is 15.5 Å². The highest BCUT2D eigenvalue weighted by molar-refractivity contribution is 9.10. The summed E-state index contributed by atoms with van der Waals surface area (Å²) in [6.07, 6.45) is 0. The summed E-state index contributed by atoms with van der Waals surface area (Å²) in [6.45, 7) is 0. The molecule has 0 radical (unpaired) electrons. The van der Waals surface area contributed by atoms with Crippen molar-refractivity contribution < 1.29 is 17.3 Å². The van der Waals surface area contributed by atoms with Gasteiger partial charge in [-0.3, -0.25) is 0 Å². The highest BCUT2D eigenvalue weighted by Gasteiger charge is 2.21. The Labute approximate surface area is 120 Å². The van der Waals surface area contributed by atoms with E-state index in [-0.39, 0.29) is 10.6 Å². The van der Waals surface area contributed by atoms with E-state index in [1.165, 1.54) is 19.2 Å². The molecule has 100 valence electrons. The number of rotatable bonds is 4. The molecular weight excluding hydrogens is 332 g/mol. The molecule has 0 saturated heterocycles. The second kappa shape index (κ2) is 5.63. The molecule has 0 aromatic heterocycles. The van der Waals surface area contributed by atoms with Crippen LogP contribution in [0.25, 0.3) is 0 Å². The normalized spacial score (nSPS) is 11.1. The molecular formula is C13H11BrO4S. The maximum atomic E-state index is 12.2. The lowest BCUT2D eigenvalue weighted by Gasteiger charge is -2.11. The van der Waals surface area contributed by atoms with Crippen LogP contribution in [0.1, 0.15) is 0 Å². The topological polar surface area (TPSA) is 52.6 Å². The van der Waals surface area contributed by atoms with Gasteiger partial charge < -0.3 is 8.92 Å². The Morgan fingerprint density at radius 3 is 2.16 bits per heavy atom. The quantitative estimate of drug-likeness (QED) is 0.800. The Bertz CT molecular complexity index is 683. The smallest absolute Gasteiger partial charge is 0.340 e. The maximum Gasteiger partial charge on any atom is 0.340 e. The number of hydrogen-bond acceptors (Lipinski definition) is 4. The number of para-hydroxylation sites is 2. The first-order valence-corrected chi connectivity index (χ1v) is 7.57. The van der Waals surface area contributed by atoms with Gasteiger partial charge in [-0.25, -0.2) is 0 Å². The minimum absolute atomic E-state index is 0.0703. The number of methoxy groups -OCH3 is 1. The van der Waals surface area contributed by atoms with Gasteiger partial charge in [0.05, 0.1) is 7.11 Å². The third kappa shape index (κ3) is 3.08. The fraction of sp³-hybridized carbons (Fsp3) is 0.0769. The van der Waals surface area contributed by atoms with Crippen LogP contribution in [0.3, 0.4) is 0 Å². The molecule has 0 fully saturated rings. The van der Waals surface area contributed by atoms with Gasteiger partial charge in [-0.1, -0.05) is 24.3 Å².